The molecule has 0 aliphatic rings. The molecule has 0 aliphatic carbocycles. The van der Waals surface area contributed by atoms with E-state index >= 15 is 0 Å². The third-order valence-corrected chi connectivity index (χ3v) is 3.68. The van der Waals surface area contributed by atoms with E-state index in [9.17, 15) is 5.11 Å². The smallest absolute Gasteiger partial charge is 0.0797 e. The summed E-state index contributed by atoms with van der Waals surface area (Å²) in [5.41, 5.74) is 0.785. The van der Waals surface area contributed by atoms with Crippen LogP contribution in [0.2, 0.25) is 0 Å². The lowest BCUT2D eigenvalue weighted by Gasteiger charge is -2.38. The van der Waals surface area contributed by atoms with Crippen LogP contribution in [0.15, 0.2) is 30.3 Å². The number of hydrogen-bond acceptors (Lipinski definition) is 3. The zero-order valence-corrected chi connectivity index (χ0v) is 13.4. The number of aliphatic hydroxyl groups excluding tert-OH is 1. The average molecular weight is 278 g/mol. The van der Waals surface area contributed by atoms with Crippen molar-refractivity contribution in [2.24, 2.45) is 5.92 Å². The van der Waals surface area contributed by atoms with E-state index in [0.717, 1.165) is 31.7 Å². The number of rotatable bonds is 9. The summed E-state index contributed by atoms with van der Waals surface area (Å²) in [4.78, 5) is 2.41. The molecule has 0 bridgehead atoms. The number of likely N-dealkylation sites (N-methyl/N-ethyl adjacent to an activating group) is 2. The molecule has 0 aromatic heterocycles. The molecular formula is C17H30N2O. The largest absolute Gasteiger partial charge is 0.394 e. The molecule has 0 saturated heterocycles. The molecule has 1 rings (SSSR count). The van der Waals surface area contributed by atoms with Gasteiger partial charge in [0.1, 0.15) is 0 Å². The van der Waals surface area contributed by atoms with Crippen molar-refractivity contribution in [1.82, 2.24) is 10.2 Å². The van der Waals surface area contributed by atoms with Crippen LogP contribution < -0.4 is 5.32 Å². The fourth-order valence-corrected chi connectivity index (χ4v) is 2.75. The van der Waals surface area contributed by atoms with Crippen LogP contribution in [0.1, 0.15) is 33.3 Å². The highest BCUT2D eigenvalue weighted by atomic mass is 16.3. The van der Waals surface area contributed by atoms with E-state index in [1.54, 1.807) is 0 Å². The fraction of sp³-hybridized carbons (Fsp3) is 0.647. The molecule has 1 aromatic rings. The van der Waals surface area contributed by atoms with Gasteiger partial charge in [0.05, 0.1) is 12.1 Å². The molecule has 0 radical (unpaired) electrons. The van der Waals surface area contributed by atoms with E-state index in [1.165, 1.54) is 0 Å². The molecule has 3 nitrogen and oxygen atoms in total. The van der Waals surface area contributed by atoms with Crippen molar-refractivity contribution in [3.8, 4) is 0 Å². The van der Waals surface area contributed by atoms with Crippen LogP contribution in [-0.2, 0) is 5.54 Å². The third kappa shape index (κ3) is 4.58. The first-order valence-corrected chi connectivity index (χ1v) is 7.71. The summed E-state index contributed by atoms with van der Waals surface area (Å²) >= 11 is 0. The van der Waals surface area contributed by atoms with Gasteiger partial charge >= 0.3 is 0 Å². The van der Waals surface area contributed by atoms with Crippen LogP contribution in [0.25, 0.3) is 0 Å². The monoisotopic (exact) mass is 278 g/mol. The van der Waals surface area contributed by atoms with Gasteiger partial charge in [-0.15, -0.1) is 0 Å². The van der Waals surface area contributed by atoms with Gasteiger partial charge in [-0.2, -0.15) is 0 Å². The highest BCUT2D eigenvalue weighted by Gasteiger charge is 2.32. The first-order valence-electron chi connectivity index (χ1n) is 7.71. The SMILES string of the molecule is CCNC(CO)(CN(CC)CC(C)C)c1ccccc1. The minimum Gasteiger partial charge on any atom is -0.394 e. The quantitative estimate of drug-likeness (QED) is 0.728. The first kappa shape index (κ1) is 17.2. The molecule has 3 heteroatoms. The van der Waals surface area contributed by atoms with Crippen molar-refractivity contribution in [3.05, 3.63) is 35.9 Å². The molecule has 1 atom stereocenters. The predicted octanol–water partition coefficient (Wildman–Crippen LogP) is 2.46. The Balaban J connectivity index is 2.98. The van der Waals surface area contributed by atoms with Crippen molar-refractivity contribution in [2.45, 2.75) is 33.2 Å². The van der Waals surface area contributed by atoms with Gasteiger partial charge in [-0.1, -0.05) is 58.0 Å². The van der Waals surface area contributed by atoms with Gasteiger partial charge in [-0.3, -0.25) is 0 Å². The standard InChI is InChI=1S/C17H30N2O/c1-5-18-17(14-20,16-10-8-7-9-11-16)13-19(6-2)12-15(3)4/h7-11,15,18,20H,5-6,12-14H2,1-4H3. The second-order valence-corrected chi connectivity index (χ2v) is 5.86. The van der Waals surface area contributed by atoms with Gasteiger partial charge in [-0.25, -0.2) is 0 Å². The third-order valence-electron chi connectivity index (χ3n) is 3.68. The van der Waals surface area contributed by atoms with Crippen LogP contribution in [0.5, 0.6) is 0 Å². The van der Waals surface area contributed by atoms with Crippen molar-refractivity contribution in [1.29, 1.82) is 0 Å². The predicted molar refractivity (Wildman–Crippen MR) is 85.8 cm³/mol. The molecule has 0 amide bonds. The number of nitrogens with one attached hydrogen (secondary N) is 1. The van der Waals surface area contributed by atoms with E-state index in [-0.39, 0.29) is 12.1 Å². The summed E-state index contributed by atoms with van der Waals surface area (Å²) in [5, 5.41) is 13.6. The topological polar surface area (TPSA) is 35.5 Å². The zero-order valence-electron chi connectivity index (χ0n) is 13.4. The first-order chi connectivity index (χ1) is 9.57. The highest BCUT2D eigenvalue weighted by Crippen LogP contribution is 2.22. The Morgan fingerprint density at radius 3 is 2.30 bits per heavy atom. The molecule has 0 heterocycles. The lowest BCUT2D eigenvalue weighted by molar-refractivity contribution is 0.104. The zero-order chi connectivity index (χ0) is 15.0. The summed E-state index contributed by atoms with van der Waals surface area (Å²) in [6.07, 6.45) is 0. The number of aliphatic hydroxyl groups is 1. The second kappa shape index (κ2) is 8.40. The molecule has 1 aromatic carbocycles. The normalized spacial score (nSPS) is 14.8. The van der Waals surface area contributed by atoms with Gasteiger partial charge in [-0.05, 0) is 24.6 Å². The van der Waals surface area contributed by atoms with Crippen LogP contribution in [-0.4, -0.2) is 42.8 Å². The Bertz CT molecular complexity index is 367. The van der Waals surface area contributed by atoms with E-state index in [1.807, 2.05) is 18.2 Å². The molecule has 114 valence electrons. The maximum atomic E-state index is 10.1. The van der Waals surface area contributed by atoms with E-state index in [0.29, 0.717) is 5.92 Å². The summed E-state index contributed by atoms with van der Waals surface area (Å²) in [5.74, 6) is 0.628. The Labute approximate surface area is 124 Å². The maximum Gasteiger partial charge on any atom is 0.0797 e. The number of benzene rings is 1. The van der Waals surface area contributed by atoms with E-state index in [2.05, 4.69) is 50.0 Å². The maximum absolute atomic E-state index is 10.1. The molecule has 2 N–H and O–H groups in total. The van der Waals surface area contributed by atoms with E-state index in [4.69, 9.17) is 0 Å². The van der Waals surface area contributed by atoms with Crippen LogP contribution in [0.3, 0.4) is 0 Å². The highest BCUT2D eigenvalue weighted by molar-refractivity contribution is 5.25. The summed E-state index contributed by atoms with van der Waals surface area (Å²) < 4.78 is 0. The molecule has 0 saturated carbocycles. The lowest BCUT2D eigenvalue weighted by Crippen LogP contribution is -2.54. The fourth-order valence-electron chi connectivity index (χ4n) is 2.75. The van der Waals surface area contributed by atoms with Crippen LogP contribution in [0.4, 0.5) is 0 Å². The average Bonchev–Trinajstić information content (AvgIpc) is 2.46. The molecule has 20 heavy (non-hydrogen) atoms. The molecule has 0 aliphatic heterocycles. The molecule has 1 unspecified atom stereocenters. The van der Waals surface area contributed by atoms with Gasteiger partial charge in [0.2, 0.25) is 0 Å². The van der Waals surface area contributed by atoms with Crippen LogP contribution >= 0.6 is 0 Å². The second-order valence-electron chi connectivity index (χ2n) is 5.86. The van der Waals surface area contributed by atoms with Gasteiger partial charge in [0, 0.05) is 13.1 Å². The van der Waals surface area contributed by atoms with Crippen molar-refractivity contribution in [2.75, 3.05) is 32.8 Å². The Morgan fingerprint density at radius 2 is 1.85 bits per heavy atom. The Hall–Kier alpha value is -0.900. The Kier molecular flexibility index (Phi) is 7.20. The van der Waals surface area contributed by atoms with Crippen molar-refractivity contribution < 1.29 is 5.11 Å². The van der Waals surface area contributed by atoms with Gasteiger partial charge in [0.15, 0.2) is 0 Å². The van der Waals surface area contributed by atoms with E-state index < -0.39 is 0 Å². The molecular weight excluding hydrogens is 248 g/mol. The molecule has 0 fully saturated rings. The number of hydrogen-bond donors (Lipinski definition) is 2. The Morgan fingerprint density at radius 1 is 1.20 bits per heavy atom. The minimum absolute atomic E-state index is 0.111. The van der Waals surface area contributed by atoms with Crippen molar-refractivity contribution >= 4 is 0 Å². The van der Waals surface area contributed by atoms with Crippen LogP contribution in [0, 0.1) is 5.92 Å². The minimum atomic E-state index is -0.374. The summed E-state index contributed by atoms with van der Waals surface area (Å²) in [7, 11) is 0. The summed E-state index contributed by atoms with van der Waals surface area (Å²) in [6, 6.07) is 10.3. The lowest BCUT2D eigenvalue weighted by atomic mass is 9.89. The number of nitrogens with zero attached hydrogens (tertiary/aromatic N) is 1. The van der Waals surface area contributed by atoms with Gasteiger partial charge in [0.25, 0.3) is 0 Å². The van der Waals surface area contributed by atoms with Crippen molar-refractivity contribution in [3.63, 3.8) is 0 Å². The summed E-state index contributed by atoms with van der Waals surface area (Å²) in [6.45, 7) is 12.6. The van der Waals surface area contributed by atoms with Gasteiger partial charge < -0.3 is 15.3 Å². The molecule has 0 spiro atoms.